The van der Waals surface area contributed by atoms with Gasteiger partial charge in [-0.3, -0.25) is 9.59 Å². The summed E-state index contributed by atoms with van der Waals surface area (Å²) in [5, 5.41) is 10.8. The zero-order valence-electron chi connectivity index (χ0n) is 13.7. The van der Waals surface area contributed by atoms with Crippen LogP contribution in [0.15, 0.2) is 29.2 Å². The predicted octanol–water partition coefficient (Wildman–Crippen LogP) is 1.32. The smallest absolute Gasteiger partial charge is 0.405 e. The molecule has 0 aliphatic carbocycles. The van der Waals surface area contributed by atoms with Gasteiger partial charge in [0.05, 0.1) is 10.8 Å². The molecule has 1 amide bonds. The van der Waals surface area contributed by atoms with E-state index in [2.05, 4.69) is 0 Å². The fourth-order valence-corrected chi connectivity index (χ4v) is 4.28. The fraction of sp³-hybridized carbons (Fsp3) is 0.467. The van der Waals surface area contributed by atoms with Crippen LogP contribution in [0.5, 0.6) is 0 Å². The summed E-state index contributed by atoms with van der Waals surface area (Å²) in [4.78, 5) is 22.7. The molecule has 26 heavy (non-hydrogen) atoms. The topological polar surface area (TPSA) is 104 Å². The number of aliphatic carboxylic acids is 1. The Bertz CT molecular complexity index is 810. The van der Waals surface area contributed by atoms with Gasteiger partial charge in [-0.2, -0.15) is 17.5 Å². The highest BCUT2D eigenvalue weighted by Crippen LogP contribution is 2.29. The maximum atomic E-state index is 12.7. The third-order valence-corrected chi connectivity index (χ3v) is 5.91. The number of hydrogen-bond acceptors (Lipinski definition) is 4. The zero-order valence-corrected chi connectivity index (χ0v) is 14.5. The first-order valence-corrected chi connectivity index (χ1v) is 9.04. The third-order valence-electron chi connectivity index (χ3n) is 4.08. The van der Waals surface area contributed by atoms with Crippen LogP contribution in [-0.4, -0.2) is 55.5 Å². The van der Waals surface area contributed by atoms with Crippen LogP contribution in [0.1, 0.15) is 17.3 Å². The van der Waals surface area contributed by atoms with Crippen LogP contribution in [0.2, 0.25) is 0 Å². The van der Waals surface area contributed by atoms with E-state index in [9.17, 15) is 31.2 Å². The van der Waals surface area contributed by atoms with Gasteiger partial charge in [0.15, 0.2) is 0 Å². The van der Waals surface area contributed by atoms with Crippen LogP contribution in [0.4, 0.5) is 13.2 Å². The van der Waals surface area contributed by atoms with Gasteiger partial charge >= 0.3 is 12.1 Å². The second-order valence-electron chi connectivity index (χ2n) is 6.07. The first-order chi connectivity index (χ1) is 11.9. The molecule has 7 nitrogen and oxygen atoms in total. The fourth-order valence-electron chi connectivity index (χ4n) is 2.67. The van der Waals surface area contributed by atoms with Crippen molar-refractivity contribution in [1.82, 2.24) is 9.62 Å². The van der Waals surface area contributed by atoms with Crippen LogP contribution < -0.4 is 5.32 Å². The molecule has 1 aliphatic rings. The minimum Gasteiger partial charge on any atom is -0.481 e. The highest BCUT2D eigenvalue weighted by Gasteiger charge is 2.40. The molecular formula is C15H17F3N2O5S. The Balaban J connectivity index is 2.21. The summed E-state index contributed by atoms with van der Waals surface area (Å²) in [6.45, 7) is -0.116. The van der Waals surface area contributed by atoms with Gasteiger partial charge in [0.2, 0.25) is 10.0 Å². The summed E-state index contributed by atoms with van der Waals surface area (Å²) >= 11 is 0. The van der Waals surface area contributed by atoms with Crippen LogP contribution in [0.25, 0.3) is 0 Å². The van der Waals surface area contributed by atoms with Crippen molar-refractivity contribution in [2.75, 3.05) is 19.6 Å². The van der Waals surface area contributed by atoms with E-state index < -0.39 is 40.5 Å². The maximum Gasteiger partial charge on any atom is 0.405 e. The molecule has 1 aliphatic heterocycles. The largest absolute Gasteiger partial charge is 0.481 e. The quantitative estimate of drug-likeness (QED) is 0.784. The number of carbonyl (C=O) groups excluding carboxylic acids is 1. The number of carbonyl (C=O) groups is 2. The van der Waals surface area contributed by atoms with Crippen molar-refractivity contribution in [2.24, 2.45) is 11.8 Å². The number of hydrogen-bond donors (Lipinski definition) is 2. The maximum absolute atomic E-state index is 12.7. The minimum atomic E-state index is -4.59. The van der Waals surface area contributed by atoms with E-state index in [0.29, 0.717) is 0 Å². The molecule has 2 rings (SSSR count). The molecule has 0 saturated carbocycles. The predicted molar refractivity (Wildman–Crippen MR) is 83.9 cm³/mol. The van der Waals surface area contributed by atoms with Crippen molar-refractivity contribution in [1.29, 1.82) is 0 Å². The number of rotatable bonds is 5. The first-order valence-electron chi connectivity index (χ1n) is 7.60. The second-order valence-corrected chi connectivity index (χ2v) is 8.01. The Morgan fingerprint density at radius 3 is 2.50 bits per heavy atom. The van der Waals surface area contributed by atoms with E-state index in [1.807, 2.05) is 0 Å². The first kappa shape index (κ1) is 20.2. The van der Waals surface area contributed by atoms with Gasteiger partial charge in [0, 0.05) is 18.7 Å². The number of nitrogens with one attached hydrogen (secondary N) is 1. The van der Waals surface area contributed by atoms with Crippen molar-refractivity contribution >= 4 is 21.9 Å². The van der Waals surface area contributed by atoms with E-state index in [0.717, 1.165) is 10.4 Å². The average Bonchev–Trinajstić information content (AvgIpc) is 2.95. The molecule has 1 aromatic rings. The van der Waals surface area contributed by atoms with Gasteiger partial charge < -0.3 is 10.4 Å². The number of benzene rings is 1. The Hall–Kier alpha value is -2.14. The van der Waals surface area contributed by atoms with Gasteiger partial charge in [-0.25, -0.2) is 8.42 Å². The molecule has 1 fully saturated rings. The molecule has 0 bridgehead atoms. The molecule has 2 atom stereocenters. The van der Waals surface area contributed by atoms with Crippen LogP contribution in [0, 0.1) is 11.8 Å². The average molecular weight is 394 g/mol. The van der Waals surface area contributed by atoms with Crippen molar-refractivity contribution in [3.8, 4) is 0 Å². The Kier molecular flexibility index (Phi) is 5.61. The lowest BCUT2D eigenvalue weighted by molar-refractivity contribution is -0.142. The van der Waals surface area contributed by atoms with Crippen LogP contribution >= 0.6 is 0 Å². The lowest BCUT2D eigenvalue weighted by Crippen LogP contribution is -2.34. The molecule has 0 spiro atoms. The number of halogens is 3. The molecule has 0 radical (unpaired) electrons. The highest BCUT2D eigenvalue weighted by atomic mass is 32.2. The van der Waals surface area contributed by atoms with E-state index in [1.54, 1.807) is 12.2 Å². The molecule has 144 valence electrons. The van der Waals surface area contributed by atoms with Crippen LogP contribution in [0.3, 0.4) is 0 Å². The molecule has 2 N–H and O–H groups in total. The molecule has 0 unspecified atom stereocenters. The van der Waals surface area contributed by atoms with Gasteiger partial charge in [-0.15, -0.1) is 0 Å². The number of carboxylic acid groups (broad SMARTS) is 1. The summed E-state index contributed by atoms with van der Waals surface area (Å²) in [7, 11) is -4.07. The second kappa shape index (κ2) is 7.23. The van der Waals surface area contributed by atoms with E-state index in [1.165, 1.54) is 18.2 Å². The number of amides is 1. The third kappa shape index (κ3) is 4.52. The van der Waals surface area contributed by atoms with Gasteiger partial charge in [-0.05, 0) is 24.1 Å². The Morgan fingerprint density at radius 2 is 1.96 bits per heavy atom. The van der Waals surface area contributed by atoms with Gasteiger partial charge in [0.25, 0.3) is 5.91 Å². The van der Waals surface area contributed by atoms with Crippen molar-refractivity contribution in [2.45, 2.75) is 18.0 Å². The van der Waals surface area contributed by atoms with Crippen LogP contribution in [-0.2, 0) is 14.8 Å². The van der Waals surface area contributed by atoms with Crippen molar-refractivity contribution < 1.29 is 36.3 Å². The number of alkyl halides is 3. The van der Waals surface area contributed by atoms with E-state index >= 15 is 0 Å². The minimum absolute atomic E-state index is 0.00377. The Morgan fingerprint density at radius 1 is 1.31 bits per heavy atom. The Labute approximate surface area is 147 Å². The molecule has 1 saturated heterocycles. The summed E-state index contributed by atoms with van der Waals surface area (Å²) in [5.74, 6) is -3.39. The highest BCUT2D eigenvalue weighted by molar-refractivity contribution is 7.89. The standard InChI is InChI=1S/C15H17F3N2O5S/c1-9-6-20(7-12(9)14(22)23)26(24,25)11-4-2-3-10(5-11)13(21)19-8-15(16,17)18/h2-5,9,12H,6-8H2,1H3,(H,19,21)(H,22,23)/t9-,12-/m1/s1. The molecule has 11 heteroatoms. The molecule has 0 aromatic heterocycles. The lowest BCUT2D eigenvalue weighted by Gasteiger charge is -2.16. The van der Waals surface area contributed by atoms with Crippen molar-refractivity contribution in [3.63, 3.8) is 0 Å². The van der Waals surface area contributed by atoms with E-state index in [-0.39, 0.29) is 29.5 Å². The van der Waals surface area contributed by atoms with E-state index in [4.69, 9.17) is 5.11 Å². The van der Waals surface area contributed by atoms with Gasteiger partial charge in [0.1, 0.15) is 6.54 Å². The normalized spacial score (nSPS) is 21.5. The zero-order chi connectivity index (χ0) is 19.7. The number of nitrogens with zero attached hydrogens (tertiary/aromatic N) is 1. The summed E-state index contributed by atoms with van der Waals surface area (Å²) in [5.41, 5.74) is -0.239. The summed E-state index contributed by atoms with van der Waals surface area (Å²) in [6.07, 6.45) is -4.59. The lowest BCUT2D eigenvalue weighted by atomic mass is 9.99. The van der Waals surface area contributed by atoms with Gasteiger partial charge in [-0.1, -0.05) is 13.0 Å². The monoisotopic (exact) mass is 394 g/mol. The van der Waals surface area contributed by atoms with Crippen molar-refractivity contribution in [3.05, 3.63) is 29.8 Å². The number of carboxylic acids is 1. The summed E-state index contributed by atoms with van der Waals surface area (Å²) in [6, 6.07) is 4.61. The molecular weight excluding hydrogens is 377 g/mol. The summed E-state index contributed by atoms with van der Waals surface area (Å²) < 4.78 is 62.9. The SMILES string of the molecule is C[C@@H]1CN(S(=O)(=O)c2cccc(C(=O)NCC(F)(F)F)c2)C[C@H]1C(=O)O. The molecule has 1 aromatic carbocycles. The number of sulfonamides is 1. The molecule has 1 heterocycles.